The monoisotopic (exact) mass is 339 g/mol. The summed E-state index contributed by atoms with van der Waals surface area (Å²) in [4.78, 5) is 4.18. The number of ether oxygens (including phenoxy) is 2. The number of pyridine rings is 1. The summed E-state index contributed by atoms with van der Waals surface area (Å²) in [6.45, 7) is 0. The van der Waals surface area contributed by atoms with Crippen LogP contribution in [-0.2, 0) is 0 Å². The van der Waals surface area contributed by atoms with Crippen molar-refractivity contribution in [3.05, 3.63) is 59.8 Å². The molecule has 23 heavy (non-hydrogen) atoms. The smallest absolute Gasteiger partial charge is 0.457 e. The molecular formula is C16H9ClF3NO2. The van der Waals surface area contributed by atoms with Crippen molar-refractivity contribution in [2.45, 2.75) is 6.36 Å². The van der Waals surface area contributed by atoms with E-state index in [2.05, 4.69) is 9.72 Å². The zero-order chi connectivity index (χ0) is 16.4. The molecule has 2 aromatic carbocycles. The van der Waals surface area contributed by atoms with Gasteiger partial charge < -0.3 is 9.47 Å². The van der Waals surface area contributed by atoms with Crippen LogP contribution in [0.1, 0.15) is 0 Å². The van der Waals surface area contributed by atoms with E-state index >= 15 is 0 Å². The highest BCUT2D eigenvalue weighted by atomic mass is 35.5. The number of alkyl halides is 3. The zero-order valence-electron chi connectivity index (χ0n) is 11.5. The van der Waals surface area contributed by atoms with Gasteiger partial charge in [0, 0.05) is 11.6 Å². The molecule has 0 amide bonds. The first kappa shape index (κ1) is 15.4. The van der Waals surface area contributed by atoms with Crippen LogP contribution in [0.3, 0.4) is 0 Å². The quantitative estimate of drug-likeness (QED) is 0.624. The number of hydrogen-bond acceptors (Lipinski definition) is 3. The van der Waals surface area contributed by atoms with E-state index in [1.807, 2.05) is 0 Å². The van der Waals surface area contributed by atoms with E-state index in [-0.39, 0.29) is 5.75 Å². The Hall–Kier alpha value is -2.47. The third-order valence-corrected chi connectivity index (χ3v) is 3.27. The van der Waals surface area contributed by atoms with Crippen LogP contribution in [0.15, 0.2) is 54.7 Å². The summed E-state index contributed by atoms with van der Waals surface area (Å²) in [5.41, 5.74) is 0.587. The predicted octanol–water partition coefficient (Wildman–Crippen LogP) is 5.58. The van der Waals surface area contributed by atoms with Crippen molar-refractivity contribution >= 4 is 22.5 Å². The van der Waals surface area contributed by atoms with Gasteiger partial charge in [-0.15, -0.1) is 13.2 Å². The highest BCUT2D eigenvalue weighted by molar-refractivity contribution is 6.35. The molecule has 0 saturated carbocycles. The van der Waals surface area contributed by atoms with Crippen molar-refractivity contribution in [1.29, 1.82) is 0 Å². The first-order valence-electron chi connectivity index (χ1n) is 6.49. The van der Waals surface area contributed by atoms with E-state index in [1.165, 1.54) is 24.3 Å². The predicted molar refractivity (Wildman–Crippen MR) is 80.0 cm³/mol. The molecule has 0 unspecified atom stereocenters. The molecule has 0 bridgehead atoms. The Morgan fingerprint density at radius 1 is 0.913 bits per heavy atom. The fourth-order valence-electron chi connectivity index (χ4n) is 2.04. The number of benzene rings is 2. The minimum absolute atomic E-state index is 0.313. The average molecular weight is 340 g/mol. The Kier molecular flexibility index (Phi) is 4.00. The van der Waals surface area contributed by atoms with Crippen molar-refractivity contribution < 1.29 is 22.6 Å². The first-order valence-corrected chi connectivity index (χ1v) is 6.87. The minimum atomic E-state index is -4.72. The van der Waals surface area contributed by atoms with E-state index in [9.17, 15) is 13.2 Å². The number of fused-ring (bicyclic) bond motifs is 1. The second kappa shape index (κ2) is 5.96. The van der Waals surface area contributed by atoms with Gasteiger partial charge in [0.2, 0.25) is 0 Å². The molecule has 0 spiro atoms. The molecule has 118 valence electrons. The van der Waals surface area contributed by atoms with Crippen LogP contribution in [0.2, 0.25) is 5.02 Å². The van der Waals surface area contributed by atoms with Gasteiger partial charge in [0.15, 0.2) is 0 Å². The van der Waals surface area contributed by atoms with E-state index in [4.69, 9.17) is 16.3 Å². The van der Waals surface area contributed by atoms with Gasteiger partial charge in [-0.3, -0.25) is 4.98 Å². The van der Waals surface area contributed by atoms with Gasteiger partial charge in [0.1, 0.15) is 17.2 Å². The Bertz CT molecular complexity index is 835. The number of halogens is 4. The standard InChI is InChI=1S/C16H9ClF3NO2/c17-13-3-1-2-12-14(8-9-21-15(12)13)22-10-4-6-11(7-5-10)23-16(18,19)20/h1-9H. The topological polar surface area (TPSA) is 31.4 Å². The summed E-state index contributed by atoms with van der Waals surface area (Å²) in [7, 11) is 0. The van der Waals surface area contributed by atoms with Gasteiger partial charge >= 0.3 is 6.36 Å². The lowest BCUT2D eigenvalue weighted by Gasteiger charge is -2.11. The summed E-state index contributed by atoms with van der Waals surface area (Å²) < 4.78 is 45.9. The van der Waals surface area contributed by atoms with Crippen molar-refractivity contribution in [3.63, 3.8) is 0 Å². The summed E-state index contributed by atoms with van der Waals surface area (Å²) >= 11 is 6.07. The Labute approximate surface area is 134 Å². The van der Waals surface area contributed by atoms with Gasteiger partial charge in [-0.25, -0.2) is 0 Å². The summed E-state index contributed by atoms with van der Waals surface area (Å²) in [5, 5.41) is 1.19. The molecule has 3 aromatic rings. The van der Waals surface area contributed by atoms with Crippen molar-refractivity contribution in [2.24, 2.45) is 0 Å². The molecule has 7 heteroatoms. The molecule has 0 atom stereocenters. The van der Waals surface area contributed by atoms with Crippen LogP contribution < -0.4 is 9.47 Å². The van der Waals surface area contributed by atoms with Crippen LogP contribution in [0, 0.1) is 0 Å². The molecule has 0 radical (unpaired) electrons. The van der Waals surface area contributed by atoms with E-state index in [1.54, 1.807) is 30.5 Å². The van der Waals surface area contributed by atoms with Crippen LogP contribution in [0.4, 0.5) is 13.2 Å². The average Bonchev–Trinajstić information content (AvgIpc) is 2.49. The molecule has 0 aliphatic carbocycles. The van der Waals surface area contributed by atoms with Crippen molar-refractivity contribution in [2.75, 3.05) is 0 Å². The van der Waals surface area contributed by atoms with E-state index < -0.39 is 6.36 Å². The molecule has 0 saturated heterocycles. The fraction of sp³-hybridized carbons (Fsp3) is 0.0625. The maximum atomic E-state index is 12.1. The molecule has 1 aromatic heterocycles. The van der Waals surface area contributed by atoms with Crippen LogP contribution >= 0.6 is 11.6 Å². The van der Waals surface area contributed by atoms with Crippen LogP contribution in [0.25, 0.3) is 10.9 Å². The summed E-state index contributed by atoms with van der Waals surface area (Å²) in [5.74, 6) is 0.557. The van der Waals surface area contributed by atoms with Gasteiger partial charge in [-0.1, -0.05) is 17.7 Å². The normalized spacial score (nSPS) is 11.5. The van der Waals surface area contributed by atoms with E-state index in [0.717, 1.165) is 0 Å². The lowest BCUT2D eigenvalue weighted by Crippen LogP contribution is -2.16. The lowest BCUT2D eigenvalue weighted by atomic mass is 10.2. The molecule has 0 aliphatic heterocycles. The SMILES string of the molecule is FC(F)(F)Oc1ccc(Oc2ccnc3c(Cl)cccc23)cc1. The highest BCUT2D eigenvalue weighted by Gasteiger charge is 2.30. The molecule has 0 aliphatic rings. The lowest BCUT2D eigenvalue weighted by molar-refractivity contribution is -0.274. The molecule has 3 nitrogen and oxygen atoms in total. The maximum Gasteiger partial charge on any atom is 0.573 e. The van der Waals surface area contributed by atoms with Gasteiger partial charge in [-0.2, -0.15) is 0 Å². The fourth-order valence-corrected chi connectivity index (χ4v) is 2.26. The van der Waals surface area contributed by atoms with Crippen LogP contribution in [-0.4, -0.2) is 11.3 Å². The zero-order valence-corrected chi connectivity index (χ0v) is 12.2. The Morgan fingerprint density at radius 3 is 2.30 bits per heavy atom. The first-order chi connectivity index (χ1) is 10.9. The number of hydrogen-bond donors (Lipinski definition) is 0. The summed E-state index contributed by atoms with van der Waals surface area (Å²) in [6.07, 6.45) is -3.18. The number of nitrogens with zero attached hydrogens (tertiary/aromatic N) is 1. The maximum absolute atomic E-state index is 12.1. The van der Waals surface area contributed by atoms with Crippen molar-refractivity contribution in [1.82, 2.24) is 4.98 Å². The molecular weight excluding hydrogens is 331 g/mol. The van der Waals surface area contributed by atoms with Gasteiger partial charge in [-0.05, 0) is 42.5 Å². The number of aromatic nitrogens is 1. The summed E-state index contributed by atoms with van der Waals surface area (Å²) in [6, 6.07) is 12.1. The second-order valence-corrected chi connectivity index (χ2v) is 4.97. The minimum Gasteiger partial charge on any atom is -0.457 e. The largest absolute Gasteiger partial charge is 0.573 e. The van der Waals surface area contributed by atoms with E-state index in [0.29, 0.717) is 27.4 Å². The second-order valence-electron chi connectivity index (χ2n) is 4.57. The molecule has 1 heterocycles. The third-order valence-electron chi connectivity index (χ3n) is 2.97. The van der Waals surface area contributed by atoms with Crippen LogP contribution in [0.5, 0.6) is 17.2 Å². The number of para-hydroxylation sites is 1. The van der Waals surface area contributed by atoms with Crippen molar-refractivity contribution in [3.8, 4) is 17.2 Å². The third kappa shape index (κ3) is 3.65. The molecule has 0 fully saturated rings. The molecule has 0 N–H and O–H groups in total. The number of rotatable bonds is 3. The molecule has 3 rings (SSSR count). The highest BCUT2D eigenvalue weighted by Crippen LogP contribution is 2.33. The Morgan fingerprint density at radius 2 is 1.61 bits per heavy atom. The van der Waals surface area contributed by atoms with Gasteiger partial charge in [0.05, 0.1) is 10.5 Å². The van der Waals surface area contributed by atoms with Gasteiger partial charge in [0.25, 0.3) is 0 Å². The Balaban J connectivity index is 1.87.